The van der Waals surface area contributed by atoms with E-state index in [-0.39, 0.29) is 0 Å². The topological polar surface area (TPSA) is 64.3 Å². The third-order valence-electron chi connectivity index (χ3n) is 3.83. The van der Waals surface area contributed by atoms with Crippen molar-refractivity contribution >= 4 is 11.5 Å². The van der Waals surface area contributed by atoms with E-state index in [1.807, 2.05) is 6.92 Å². The number of ether oxygens (including phenoxy) is 1. The van der Waals surface area contributed by atoms with Crippen molar-refractivity contribution in [3.63, 3.8) is 0 Å². The Hall–Kier alpha value is -2.30. The average molecular weight is 284 g/mol. The van der Waals surface area contributed by atoms with Crippen molar-refractivity contribution in [1.29, 1.82) is 0 Å². The fourth-order valence-corrected chi connectivity index (χ4v) is 2.75. The Morgan fingerprint density at radius 2 is 1.81 bits per heavy atom. The highest BCUT2D eigenvalue weighted by Crippen LogP contribution is 2.29. The molecule has 1 aliphatic rings. The molecule has 0 spiro atoms. The number of hydrogen-bond donors (Lipinski definition) is 1. The van der Waals surface area contributed by atoms with Crippen LogP contribution in [0.1, 0.15) is 18.1 Å². The second-order valence-electron chi connectivity index (χ2n) is 5.10. The molecule has 0 aliphatic carbocycles. The number of aromatic nitrogens is 2. The highest BCUT2D eigenvalue weighted by atomic mass is 16.5. The van der Waals surface area contributed by atoms with E-state index in [0.717, 1.165) is 31.7 Å². The van der Waals surface area contributed by atoms with E-state index in [1.165, 1.54) is 17.5 Å². The van der Waals surface area contributed by atoms with Gasteiger partial charge in [-0.2, -0.15) is 4.98 Å². The number of benzene rings is 1. The van der Waals surface area contributed by atoms with Gasteiger partial charge in [0.05, 0.1) is 6.61 Å². The van der Waals surface area contributed by atoms with E-state index < -0.39 is 0 Å². The predicted molar refractivity (Wildman–Crippen MR) is 83.7 cm³/mol. The molecule has 0 atom stereocenters. The Bertz CT molecular complexity index is 602. The van der Waals surface area contributed by atoms with Crippen LogP contribution in [-0.4, -0.2) is 29.7 Å². The van der Waals surface area contributed by atoms with Gasteiger partial charge in [-0.25, -0.2) is 4.98 Å². The molecule has 0 fully saturated rings. The van der Waals surface area contributed by atoms with Crippen LogP contribution in [0.3, 0.4) is 0 Å². The van der Waals surface area contributed by atoms with Gasteiger partial charge < -0.3 is 15.4 Å². The normalized spacial score (nSPS) is 14.4. The summed E-state index contributed by atoms with van der Waals surface area (Å²) in [5, 5.41) is 0. The molecule has 3 rings (SSSR count). The Morgan fingerprint density at radius 1 is 1.14 bits per heavy atom. The summed E-state index contributed by atoms with van der Waals surface area (Å²) in [4.78, 5) is 10.7. The summed E-state index contributed by atoms with van der Waals surface area (Å²) < 4.78 is 5.46. The Kier molecular flexibility index (Phi) is 3.90. The molecule has 21 heavy (non-hydrogen) atoms. The highest BCUT2D eigenvalue weighted by molar-refractivity contribution is 5.68. The van der Waals surface area contributed by atoms with Crippen LogP contribution < -0.4 is 15.4 Å². The maximum atomic E-state index is 6.16. The van der Waals surface area contributed by atoms with Crippen LogP contribution in [0.2, 0.25) is 0 Å². The zero-order valence-corrected chi connectivity index (χ0v) is 12.2. The van der Waals surface area contributed by atoms with Gasteiger partial charge >= 0.3 is 0 Å². The number of nitrogens with zero attached hydrogens (tertiary/aromatic N) is 3. The summed E-state index contributed by atoms with van der Waals surface area (Å²) in [5.41, 5.74) is 9.53. The van der Waals surface area contributed by atoms with E-state index in [1.54, 1.807) is 0 Å². The smallest absolute Gasteiger partial charge is 0.242 e. The molecule has 1 aromatic carbocycles. The lowest BCUT2D eigenvalue weighted by atomic mass is 10.0. The van der Waals surface area contributed by atoms with Crippen LogP contribution in [0.4, 0.5) is 11.5 Å². The molecule has 0 saturated carbocycles. The number of nitrogen functional groups attached to an aromatic ring is 1. The summed E-state index contributed by atoms with van der Waals surface area (Å²) >= 11 is 0. The quantitative estimate of drug-likeness (QED) is 0.934. The van der Waals surface area contributed by atoms with E-state index in [2.05, 4.69) is 39.1 Å². The van der Waals surface area contributed by atoms with Gasteiger partial charge in [0.25, 0.3) is 0 Å². The van der Waals surface area contributed by atoms with Gasteiger partial charge in [-0.1, -0.05) is 24.3 Å². The van der Waals surface area contributed by atoms with Crippen LogP contribution in [0.5, 0.6) is 5.88 Å². The fourth-order valence-electron chi connectivity index (χ4n) is 2.75. The van der Waals surface area contributed by atoms with Gasteiger partial charge in [-0.3, -0.25) is 0 Å². The van der Waals surface area contributed by atoms with Gasteiger partial charge in [-0.05, 0) is 30.9 Å². The van der Waals surface area contributed by atoms with E-state index in [4.69, 9.17) is 10.5 Å². The lowest BCUT2D eigenvalue weighted by Crippen LogP contribution is -2.28. The summed E-state index contributed by atoms with van der Waals surface area (Å²) in [6.07, 6.45) is 3.53. The first-order valence-electron chi connectivity index (χ1n) is 7.34. The standard InChI is InChI=1S/C16H20N4O/c1-2-21-16-14(17)15(18-11-19-16)20-9-7-12-5-3-4-6-13(12)8-10-20/h3-6,11H,2,7-10,17H2,1H3. The molecule has 1 aliphatic heterocycles. The van der Waals surface area contributed by atoms with Gasteiger partial charge in [0.2, 0.25) is 5.88 Å². The molecule has 0 amide bonds. The fraction of sp³-hybridized carbons (Fsp3) is 0.375. The molecule has 110 valence electrons. The second-order valence-corrected chi connectivity index (χ2v) is 5.10. The van der Waals surface area contributed by atoms with Crippen LogP contribution >= 0.6 is 0 Å². The first-order valence-corrected chi connectivity index (χ1v) is 7.34. The molecule has 1 aromatic heterocycles. The number of hydrogen-bond acceptors (Lipinski definition) is 5. The van der Waals surface area contributed by atoms with Crippen molar-refractivity contribution in [2.24, 2.45) is 0 Å². The minimum Gasteiger partial charge on any atom is -0.476 e. The van der Waals surface area contributed by atoms with Gasteiger partial charge in [0, 0.05) is 13.1 Å². The SMILES string of the molecule is CCOc1ncnc(N2CCc3ccccc3CC2)c1N. The maximum absolute atomic E-state index is 6.16. The largest absolute Gasteiger partial charge is 0.476 e. The predicted octanol–water partition coefficient (Wildman–Crippen LogP) is 2.06. The van der Waals surface area contributed by atoms with Crippen molar-refractivity contribution in [3.05, 3.63) is 41.7 Å². The lowest BCUT2D eigenvalue weighted by molar-refractivity contribution is 0.328. The zero-order chi connectivity index (χ0) is 14.7. The number of fused-ring (bicyclic) bond motifs is 1. The number of nitrogens with two attached hydrogens (primary N) is 1. The van der Waals surface area contributed by atoms with Crippen molar-refractivity contribution in [2.45, 2.75) is 19.8 Å². The summed E-state index contributed by atoms with van der Waals surface area (Å²) in [6, 6.07) is 8.60. The number of rotatable bonds is 3. The third kappa shape index (κ3) is 2.77. The molecule has 2 aromatic rings. The second kappa shape index (κ2) is 5.99. The van der Waals surface area contributed by atoms with Crippen LogP contribution in [0, 0.1) is 0 Å². The molecule has 5 nitrogen and oxygen atoms in total. The van der Waals surface area contributed by atoms with Crippen molar-refractivity contribution < 1.29 is 4.74 Å². The minimum absolute atomic E-state index is 0.476. The molecule has 5 heteroatoms. The summed E-state index contributed by atoms with van der Waals surface area (Å²) in [7, 11) is 0. The van der Waals surface area contributed by atoms with Crippen LogP contribution in [0.25, 0.3) is 0 Å². The molecular formula is C16H20N4O. The van der Waals surface area contributed by atoms with Gasteiger partial charge in [0.15, 0.2) is 5.82 Å². The molecule has 0 saturated heterocycles. The van der Waals surface area contributed by atoms with Gasteiger partial charge in [-0.15, -0.1) is 0 Å². The molecule has 2 heterocycles. The van der Waals surface area contributed by atoms with Crippen molar-refractivity contribution in [3.8, 4) is 5.88 Å². The van der Waals surface area contributed by atoms with E-state index in [9.17, 15) is 0 Å². The first kappa shape index (κ1) is 13.7. The minimum atomic E-state index is 0.476. The Balaban J connectivity index is 1.84. The number of anilines is 2. The molecular weight excluding hydrogens is 264 g/mol. The lowest BCUT2D eigenvalue weighted by Gasteiger charge is -2.23. The third-order valence-corrected chi connectivity index (χ3v) is 3.83. The van der Waals surface area contributed by atoms with Crippen molar-refractivity contribution in [2.75, 3.05) is 30.3 Å². The molecule has 0 unspecified atom stereocenters. The van der Waals surface area contributed by atoms with Gasteiger partial charge in [0.1, 0.15) is 12.0 Å². The van der Waals surface area contributed by atoms with Crippen molar-refractivity contribution in [1.82, 2.24) is 9.97 Å². The molecule has 2 N–H and O–H groups in total. The molecule has 0 radical (unpaired) electrons. The summed E-state index contributed by atoms with van der Waals surface area (Å²) in [5.74, 6) is 1.26. The van der Waals surface area contributed by atoms with Crippen LogP contribution in [-0.2, 0) is 12.8 Å². The summed E-state index contributed by atoms with van der Waals surface area (Å²) in [6.45, 7) is 4.28. The Labute approximate surface area is 124 Å². The molecule has 0 bridgehead atoms. The van der Waals surface area contributed by atoms with Crippen LogP contribution in [0.15, 0.2) is 30.6 Å². The average Bonchev–Trinajstić information content (AvgIpc) is 2.72. The zero-order valence-electron chi connectivity index (χ0n) is 12.2. The first-order chi connectivity index (χ1) is 10.3. The van der Waals surface area contributed by atoms with E-state index in [0.29, 0.717) is 18.2 Å². The monoisotopic (exact) mass is 284 g/mol. The van der Waals surface area contributed by atoms with E-state index >= 15 is 0 Å². The Morgan fingerprint density at radius 3 is 2.43 bits per heavy atom. The highest BCUT2D eigenvalue weighted by Gasteiger charge is 2.19. The maximum Gasteiger partial charge on any atom is 0.242 e.